The molecule has 0 amide bonds. The molecule has 1 aromatic rings. The van der Waals surface area contributed by atoms with Crippen molar-refractivity contribution in [3.05, 3.63) is 41.2 Å². The van der Waals surface area contributed by atoms with Crippen LogP contribution in [0.25, 0.3) is 0 Å². The first kappa shape index (κ1) is 19.9. The summed E-state index contributed by atoms with van der Waals surface area (Å²) in [6.07, 6.45) is 13.7. The van der Waals surface area contributed by atoms with Crippen LogP contribution in [0.15, 0.2) is 30.0 Å². The number of carbonyl (C=O) groups is 2. The maximum Gasteiger partial charge on any atom is 0.331 e. The Kier molecular flexibility index (Phi) is 6.74. The van der Waals surface area contributed by atoms with Crippen LogP contribution in [-0.2, 0) is 9.53 Å². The largest absolute Gasteiger partial charge is 0.457 e. The van der Waals surface area contributed by atoms with E-state index in [-0.39, 0.29) is 11.8 Å². The molecule has 0 N–H and O–H groups in total. The third kappa shape index (κ3) is 6.48. The van der Waals surface area contributed by atoms with Crippen molar-refractivity contribution in [3.8, 4) is 12.3 Å². The van der Waals surface area contributed by atoms with Gasteiger partial charge in [-0.3, -0.25) is 9.78 Å². The van der Waals surface area contributed by atoms with Gasteiger partial charge < -0.3 is 4.74 Å². The lowest BCUT2D eigenvalue weighted by molar-refractivity contribution is -0.148. The van der Waals surface area contributed by atoms with Crippen molar-refractivity contribution in [2.45, 2.75) is 64.9 Å². The fraction of sp³-hybridized carbons (Fsp3) is 0.500. The van der Waals surface area contributed by atoms with Gasteiger partial charge in [0.25, 0.3) is 0 Å². The number of carbonyl (C=O) groups excluding carboxylic acids is 2. The molecule has 26 heavy (non-hydrogen) atoms. The summed E-state index contributed by atoms with van der Waals surface area (Å²) in [6, 6.07) is 3.39. The van der Waals surface area contributed by atoms with Crippen molar-refractivity contribution < 1.29 is 14.3 Å². The number of hydrogen-bond donors (Lipinski definition) is 0. The van der Waals surface area contributed by atoms with E-state index in [1.165, 1.54) is 0 Å². The van der Waals surface area contributed by atoms with Gasteiger partial charge in [-0.1, -0.05) is 11.5 Å². The number of ketones is 1. The van der Waals surface area contributed by atoms with Gasteiger partial charge in [-0.15, -0.1) is 6.42 Å². The van der Waals surface area contributed by atoms with Crippen LogP contribution in [0.2, 0.25) is 0 Å². The molecule has 0 spiro atoms. The molecule has 0 atom stereocenters. The smallest absolute Gasteiger partial charge is 0.331 e. The van der Waals surface area contributed by atoms with Crippen molar-refractivity contribution in [1.82, 2.24) is 4.98 Å². The van der Waals surface area contributed by atoms with Gasteiger partial charge in [-0.25, -0.2) is 4.79 Å². The molecule has 1 aliphatic rings. The van der Waals surface area contributed by atoms with Crippen molar-refractivity contribution in [3.63, 3.8) is 0 Å². The number of terminal acetylenes is 1. The highest BCUT2D eigenvalue weighted by atomic mass is 16.6. The Bertz CT molecular complexity index is 724. The molecule has 0 unspecified atom stereocenters. The molecule has 0 saturated heterocycles. The highest BCUT2D eigenvalue weighted by Crippen LogP contribution is 2.31. The molecule has 0 radical (unpaired) electrons. The van der Waals surface area contributed by atoms with Crippen LogP contribution in [0.4, 0.5) is 0 Å². The highest BCUT2D eigenvalue weighted by Gasteiger charge is 2.20. The lowest BCUT2D eigenvalue weighted by Crippen LogP contribution is -2.23. The van der Waals surface area contributed by atoms with Gasteiger partial charge in [-0.2, -0.15) is 0 Å². The minimum atomic E-state index is -0.462. The van der Waals surface area contributed by atoms with Crippen molar-refractivity contribution in [1.29, 1.82) is 0 Å². The minimum Gasteiger partial charge on any atom is -0.457 e. The van der Waals surface area contributed by atoms with Crippen LogP contribution in [0.1, 0.15) is 75.3 Å². The van der Waals surface area contributed by atoms with Gasteiger partial charge in [0.15, 0.2) is 5.78 Å². The van der Waals surface area contributed by atoms with Crippen LogP contribution < -0.4 is 0 Å². The van der Waals surface area contributed by atoms with Gasteiger partial charge >= 0.3 is 5.97 Å². The summed E-state index contributed by atoms with van der Waals surface area (Å²) in [6.45, 7) is 5.60. The summed E-state index contributed by atoms with van der Waals surface area (Å²) >= 11 is 0. The predicted molar refractivity (Wildman–Crippen MR) is 102 cm³/mol. The topological polar surface area (TPSA) is 56.3 Å². The van der Waals surface area contributed by atoms with Gasteiger partial charge in [0, 0.05) is 24.3 Å². The van der Waals surface area contributed by atoms with E-state index >= 15 is 0 Å². The maximum atomic E-state index is 12.3. The average molecular weight is 353 g/mol. The third-order valence-corrected chi connectivity index (χ3v) is 4.47. The Hall–Kier alpha value is -2.41. The van der Waals surface area contributed by atoms with E-state index in [9.17, 15) is 9.59 Å². The van der Waals surface area contributed by atoms with Crippen LogP contribution in [0, 0.1) is 18.3 Å². The lowest BCUT2D eigenvalue weighted by Gasteiger charge is -2.24. The number of esters is 1. The maximum absolute atomic E-state index is 12.3. The molecule has 138 valence electrons. The SMILES string of the molecule is C#Cc1ccnc(C(=O)CCC2CCC(=CC(=O)OC(C)(C)C)CC2)c1. The summed E-state index contributed by atoms with van der Waals surface area (Å²) in [4.78, 5) is 28.3. The number of hydrogen-bond acceptors (Lipinski definition) is 4. The van der Waals surface area contributed by atoms with Gasteiger partial charge in [0.05, 0.1) is 0 Å². The highest BCUT2D eigenvalue weighted by molar-refractivity contribution is 5.94. The Morgan fingerprint density at radius 2 is 2.04 bits per heavy atom. The third-order valence-electron chi connectivity index (χ3n) is 4.47. The molecule has 4 nitrogen and oxygen atoms in total. The fourth-order valence-corrected chi connectivity index (χ4v) is 3.12. The molecule has 1 saturated carbocycles. The second kappa shape index (κ2) is 8.80. The van der Waals surface area contributed by atoms with E-state index in [1.54, 1.807) is 24.4 Å². The number of ether oxygens (including phenoxy) is 1. The molecule has 4 heteroatoms. The van der Waals surface area contributed by atoms with Crippen LogP contribution in [-0.4, -0.2) is 22.3 Å². The first-order valence-electron chi connectivity index (χ1n) is 9.15. The zero-order chi connectivity index (χ0) is 19.2. The first-order chi connectivity index (χ1) is 12.3. The summed E-state index contributed by atoms with van der Waals surface area (Å²) in [5.74, 6) is 2.81. The van der Waals surface area contributed by atoms with E-state index in [4.69, 9.17) is 11.2 Å². The minimum absolute atomic E-state index is 0.0391. The molecule has 2 rings (SSSR count). The summed E-state index contributed by atoms with van der Waals surface area (Å²) in [5, 5.41) is 0. The van der Waals surface area contributed by atoms with Crippen LogP contribution >= 0.6 is 0 Å². The molecule has 1 heterocycles. The summed E-state index contributed by atoms with van der Waals surface area (Å²) in [5.41, 5.74) is 1.81. The van der Waals surface area contributed by atoms with Gasteiger partial charge in [0.2, 0.25) is 0 Å². The average Bonchev–Trinajstić information content (AvgIpc) is 2.59. The number of nitrogens with zero attached hydrogens (tertiary/aromatic N) is 1. The van der Waals surface area contributed by atoms with E-state index < -0.39 is 5.60 Å². The van der Waals surface area contributed by atoms with Crippen LogP contribution in [0.3, 0.4) is 0 Å². The normalized spacial score (nSPS) is 17.3. The fourth-order valence-electron chi connectivity index (χ4n) is 3.12. The van der Waals surface area contributed by atoms with E-state index in [2.05, 4.69) is 10.9 Å². The predicted octanol–water partition coefficient (Wildman–Crippen LogP) is 4.48. The Labute approximate surface area is 156 Å². The van der Waals surface area contributed by atoms with E-state index in [0.29, 0.717) is 23.6 Å². The number of rotatable bonds is 5. The Morgan fingerprint density at radius 1 is 1.35 bits per heavy atom. The van der Waals surface area contributed by atoms with Crippen molar-refractivity contribution in [2.75, 3.05) is 0 Å². The van der Waals surface area contributed by atoms with Crippen LogP contribution in [0.5, 0.6) is 0 Å². The van der Waals surface area contributed by atoms with Crippen molar-refractivity contribution in [2.24, 2.45) is 5.92 Å². The van der Waals surface area contributed by atoms with Crippen molar-refractivity contribution >= 4 is 11.8 Å². The Balaban J connectivity index is 1.79. The number of Topliss-reactive ketones (excluding diaryl/α,β-unsaturated/α-hetero) is 1. The lowest BCUT2D eigenvalue weighted by atomic mass is 9.82. The second-order valence-corrected chi connectivity index (χ2v) is 7.82. The zero-order valence-electron chi connectivity index (χ0n) is 15.9. The van der Waals surface area contributed by atoms with Gasteiger partial charge in [-0.05, 0) is 70.9 Å². The Morgan fingerprint density at radius 3 is 2.65 bits per heavy atom. The summed E-state index contributed by atoms with van der Waals surface area (Å²) in [7, 11) is 0. The van der Waals surface area contributed by atoms with E-state index in [0.717, 1.165) is 37.7 Å². The molecule has 1 fully saturated rings. The molecule has 0 aromatic carbocycles. The number of aromatic nitrogens is 1. The quantitative estimate of drug-likeness (QED) is 0.339. The first-order valence-corrected chi connectivity index (χ1v) is 9.15. The van der Waals surface area contributed by atoms with Gasteiger partial charge in [0.1, 0.15) is 11.3 Å². The number of allylic oxidation sites excluding steroid dienone is 1. The van der Waals surface area contributed by atoms with E-state index in [1.807, 2.05) is 20.8 Å². The monoisotopic (exact) mass is 353 g/mol. The zero-order valence-corrected chi connectivity index (χ0v) is 15.9. The molecular formula is C22H27NO3. The number of pyridine rings is 1. The second-order valence-electron chi connectivity index (χ2n) is 7.82. The molecule has 0 aliphatic heterocycles. The molecule has 0 bridgehead atoms. The summed E-state index contributed by atoms with van der Waals surface area (Å²) < 4.78 is 5.33. The molecule has 1 aromatic heterocycles. The standard InChI is InChI=1S/C22H27NO3/c1-5-16-12-13-23-19(14-16)20(24)11-10-17-6-8-18(9-7-17)15-21(25)26-22(2,3)4/h1,12-15,17H,6-11H2,2-4H3. The molecular weight excluding hydrogens is 326 g/mol. The molecule has 1 aliphatic carbocycles.